The molecule has 0 amide bonds. The number of rotatable bonds is 3. The Labute approximate surface area is 122 Å². The molecule has 0 aromatic carbocycles. The highest BCUT2D eigenvalue weighted by molar-refractivity contribution is 6.35. The first kappa shape index (κ1) is 13.5. The molecular formula is C14H16ClN3O2. The smallest absolute Gasteiger partial charge is 0.131 e. The summed E-state index contributed by atoms with van der Waals surface area (Å²) in [7, 11) is 1.68. The molecule has 5 nitrogen and oxygen atoms in total. The van der Waals surface area contributed by atoms with Crippen molar-refractivity contribution in [2.24, 2.45) is 0 Å². The molecule has 0 radical (unpaired) electrons. The topological polar surface area (TPSA) is 47.5 Å². The number of methoxy groups -OCH3 is 1. The van der Waals surface area contributed by atoms with Crippen LogP contribution in [0.1, 0.15) is 0 Å². The van der Waals surface area contributed by atoms with Gasteiger partial charge in [0.05, 0.1) is 29.9 Å². The molecule has 0 bridgehead atoms. The number of ether oxygens (including phenoxy) is 2. The van der Waals surface area contributed by atoms with Crippen LogP contribution in [0.5, 0.6) is 0 Å². The maximum Gasteiger partial charge on any atom is 0.131 e. The molecule has 1 aliphatic heterocycles. The summed E-state index contributed by atoms with van der Waals surface area (Å²) in [6.07, 6.45) is 1.79. The van der Waals surface area contributed by atoms with Crippen molar-refractivity contribution in [2.45, 2.75) is 6.10 Å². The van der Waals surface area contributed by atoms with E-state index < -0.39 is 0 Å². The second-order valence-electron chi connectivity index (χ2n) is 4.73. The zero-order valence-corrected chi connectivity index (χ0v) is 12.0. The van der Waals surface area contributed by atoms with Crippen LogP contribution in [-0.2, 0) is 9.47 Å². The Kier molecular flexibility index (Phi) is 4.00. The summed E-state index contributed by atoms with van der Waals surface area (Å²) >= 11 is 6.29. The molecule has 0 N–H and O–H groups in total. The molecule has 1 atom stereocenters. The fourth-order valence-electron chi connectivity index (χ4n) is 2.38. The number of hydrogen-bond donors (Lipinski definition) is 0. The third kappa shape index (κ3) is 2.70. The van der Waals surface area contributed by atoms with Crippen molar-refractivity contribution < 1.29 is 9.47 Å². The minimum absolute atomic E-state index is 0.0684. The quantitative estimate of drug-likeness (QED) is 0.868. The number of aromatic nitrogens is 2. The molecule has 1 unspecified atom stereocenters. The predicted molar refractivity (Wildman–Crippen MR) is 78.4 cm³/mol. The molecule has 6 heteroatoms. The Morgan fingerprint density at radius 3 is 3.30 bits per heavy atom. The third-order valence-electron chi connectivity index (χ3n) is 3.32. The Balaban J connectivity index is 1.89. The lowest BCUT2D eigenvalue weighted by atomic mass is 10.2. The number of hydrogen-bond acceptors (Lipinski definition) is 5. The number of halogens is 1. The summed E-state index contributed by atoms with van der Waals surface area (Å²) < 4.78 is 10.8. The van der Waals surface area contributed by atoms with E-state index in [4.69, 9.17) is 21.1 Å². The van der Waals surface area contributed by atoms with Crippen LogP contribution in [0.15, 0.2) is 24.4 Å². The number of anilines is 1. The Bertz CT molecular complexity index is 606. The van der Waals surface area contributed by atoms with Gasteiger partial charge in [-0.3, -0.25) is 4.98 Å². The van der Waals surface area contributed by atoms with E-state index in [0.29, 0.717) is 18.2 Å². The van der Waals surface area contributed by atoms with Crippen LogP contribution in [0, 0.1) is 0 Å². The van der Waals surface area contributed by atoms with Crippen molar-refractivity contribution >= 4 is 28.5 Å². The van der Waals surface area contributed by atoms with Crippen LogP contribution < -0.4 is 4.90 Å². The zero-order chi connectivity index (χ0) is 13.9. The van der Waals surface area contributed by atoms with Crippen LogP contribution in [0.3, 0.4) is 0 Å². The molecule has 1 saturated heterocycles. The maximum atomic E-state index is 6.29. The van der Waals surface area contributed by atoms with Crippen molar-refractivity contribution in [2.75, 3.05) is 38.3 Å². The van der Waals surface area contributed by atoms with Crippen LogP contribution in [-0.4, -0.2) is 49.5 Å². The normalized spacial score (nSPS) is 19.5. The third-order valence-corrected chi connectivity index (χ3v) is 3.61. The minimum Gasteiger partial charge on any atom is -0.382 e. The summed E-state index contributed by atoms with van der Waals surface area (Å²) in [6, 6.07) is 5.65. The van der Waals surface area contributed by atoms with Gasteiger partial charge in [-0.15, -0.1) is 0 Å². The van der Waals surface area contributed by atoms with E-state index in [1.165, 1.54) is 0 Å². The van der Waals surface area contributed by atoms with Gasteiger partial charge in [-0.05, 0) is 12.1 Å². The number of nitrogens with zero attached hydrogens (tertiary/aromatic N) is 3. The highest BCUT2D eigenvalue weighted by Crippen LogP contribution is 2.26. The van der Waals surface area contributed by atoms with E-state index in [1.54, 1.807) is 13.3 Å². The number of pyridine rings is 2. The second-order valence-corrected chi connectivity index (χ2v) is 5.13. The van der Waals surface area contributed by atoms with Crippen molar-refractivity contribution in [3.05, 3.63) is 29.4 Å². The summed E-state index contributed by atoms with van der Waals surface area (Å²) in [6.45, 7) is 2.80. The molecular weight excluding hydrogens is 278 g/mol. The summed E-state index contributed by atoms with van der Waals surface area (Å²) in [5, 5.41) is 0.625. The van der Waals surface area contributed by atoms with Gasteiger partial charge in [0, 0.05) is 32.5 Å². The molecule has 0 aliphatic carbocycles. The SMILES string of the molecule is COCC1CN(c2cc(Cl)c3ncccc3n2)CCO1. The highest BCUT2D eigenvalue weighted by atomic mass is 35.5. The molecule has 0 spiro atoms. The van der Waals surface area contributed by atoms with Crippen molar-refractivity contribution in [3.8, 4) is 0 Å². The second kappa shape index (κ2) is 5.91. The first-order valence-corrected chi connectivity index (χ1v) is 6.92. The largest absolute Gasteiger partial charge is 0.382 e. The van der Waals surface area contributed by atoms with E-state index in [9.17, 15) is 0 Å². The number of fused-ring (bicyclic) bond motifs is 1. The number of morpholine rings is 1. The van der Waals surface area contributed by atoms with Gasteiger partial charge in [0.2, 0.25) is 0 Å². The van der Waals surface area contributed by atoms with Gasteiger partial charge in [0.1, 0.15) is 11.3 Å². The van der Waals surface area contributed by atoms with E-state index in [1.807, 2.05) is 18.2 Å². The van der Waals surface area contributed by atoms with Crippen LogP contribution >= 0.6 is 11.6 Å². The van der Waals surface area contributed by atoms with Gasteiger partial charge >= 0.3 is 0 Å². The molecule has 20 heavy (non-hydrogen) atoms. The van der Waals surface area contributed by atoms with Crippen LogP contribution in [0.2, 0.25) is 5.02 Å². The van der Waals surface area contributed by atoms with E-state index >= 15 is 0 Å². The van der Waals surface area contributed by atoms with Gasteiger partial charge < -0.3 is 14.4 Å². The average Bonchev–Trinajstić information content (AvgIpc) is 2.48. The van der Waals surface area contributed by atoms with Crippen molar-refractivity contribution in [1.29, 1.82) is 0 Å². The Hall–Kier alpha value is -1.43. The van der Waals surface area contributed by atoms with Gasteiger partial charge in [0.15, 0.2) is 0 Å². The molecule has 3 rings (SSSR count). The molecule has 1 aliphatic rings. The Morgan fingerprint density at radius 2 is 2.45 bits per heavy atom. The lowest BCUT2D eigenvalue weighted by Crippen LogP contribution is -2.44. The first-order valence-electron chi connectivity index (χ1n) is 6.54. The van der Waals surface area contributed by atoms with Crippen molar-refractivity contribution in [1.82, 2.24) is 9.97 Å². The fraction of sp³-hybridized carbons (Fsp3) is 0.429. The van der Waals surface area contributed by atoms with Crippen LogP contribution in [0.25, 0.3) is 11.0 Å². The fourth-order valence-corrected chi connectivity index (χ4v) is 2.63. The summed E-state index contributed by atoms with van der Waals surface area (Å²) in [5.41, 5.74) is 1.55. The van der Waals surface area contributed by atoms with Crippen molar-refractivity contribution in [3.63, 3.8) is 0 Å². The Morgan fingerprint density at radius 1 is 1.55 bits per heavy atom. The monoisotopic (exact) mass is 293 g/mol. The van der Waals surface area contributed by atoms with E-state index in [-0.39, 0.29) is 6.10 Å². The maximum absolute atomic E-state index is 6.29. The minimum atomic E-state index is 0.0684. The molecule has 106 valence electrons. The summed E-state index contributed by atoms with van der Waals surface area (Å²) in [5.74, 6) is 0.861. The zero-order valence-electron chi connectivity index (χ0n) is 11.3. The average molecular weight is 294 g/mol. The van der Waals surface area contributed by atoms with Gasteiger partial charge in [-0.1, -0.05) is 11.6 Å². The predicted octanol–water partition coefficient (Wildman–Crippen LogP) is 2.13. The lowest BCUT2D eigenvalue weighted by Gasteiger charge is -2.33. The van der Waals surface area contributed by atoms with Crippen LogP contribution in [0.4, 0.5) is 5.82 Å². The van der Waals surface area contributed by atoms with Gasteiger partial charge in [0.25, 0.3) is 0 Å². The molecule has 2 aromatic heterocycles. The standard InChI is InChI=1S/C14H16ClN3O2/c1-19-9-10-8-18(5-6-20-10)13-7-11(15)14-12(17-13)3-2-4-16-14/h2-4,7,10H,5-6,8-9H2,1H3. The molecule has 2 aromatic rings. The molecule has 1 fully saturated rings. The van der Waals surface area contributed by atoms with Gasteiger partial charge in [-0.25, -0.2) is 4.98 Å². The van der Waals surface area contributed by atoms with E-state index in [0.717, 1.165) is 29.9 Å². The first-order chi connectivity index (χ1) is 9.78. The highest BCUT2D eigenvalue weighted by Gasteiger charge is 2.22. The molecule has 0 saturated carbocycles. The summed E-state index contributed by atoms with van der Waals surface area (Å²) in [4.78, 5) is 11.1. The lowest BCUT2D eigenvalue weighted by molar-refractivity contribution is -0.0102. The van der Waals surface area contributed by atoms with E-state index in [2.05, 4.69) is 14.9 Å². The molecule has 3 heterocycles. The van der Waals surface area contributed by atoms with Gasteiger partial charge in [-0.2, -0.15) is 0 Å².